The molecule has 8 heteroatoms. The Bertz CT molecular complexity index is 726. The minimum atomic E-state index is -0.762. The van der Waals surface area contributed by atoms with Gasteiger partial charge in [0.2, 0.25) is 5.91 Å². The van der Waals surface area contributed by atoms with E-state index in [0.29, 0.717) is 56.3 Å². The number of piperidine rings is 1. The number of rotatable bonds is 6. The van der Waals surface area contributed by atoms with Gasteiger partial charge in [0.25, 0.3) is 0 Å². The molecule has 28 heavy (non-hydrogen) atoms. The number of carbonyl (C=O) groups is 2. The van der Waals surface area contributed by atoms with Crippen molar-refractivity contribution in [3.8, 4) is 11.5 Å². The van der Waals surface area contributed by atoms with Crippen molar-refractivity contribution in [1.82, 2.24) is 9.80 Å². The van der Waals surface area contributed by atoms with E-state index >= 15 is 0 Å². The molecule has 3 rings (SSSR count). The van der Waals surface area contributed by atoms with Gasteiger partial charge in [0.1, 0.15) is 17.0 Å². The third kappa shape index (κ3) is 3.73. The highest BCUT2D eigenvalue weighted by atomic mass is 16.5. The molecule has 1 aromatic carbocycles. The first-order chi connectivity index (χ1) is 13.6. The molecular formula is C20H29N3O5. The van der Waals surface area contributed by atoms with Crippen LogP contribution in [-0.4, -0.2) is 74.8 Å². The van der Waals surface area contributed by atoms with Gasteiger partial charge in [-0.3, -0.25) is 4.79 Å². The van der Waals surface area contributed by atoms with Crippen LogP contribution in [-0.2, 0) is 9.53 Å². The Labute approximate surface area is 165 Å². The van der Waals surface area contributed by atoms with Crippen LogP contribution >= 0.6 is 0 Å². The maximum absolute atomic E-state index is 13.3. The van der Waals surface area contributed by atoms with Crippen LogP contribution in [0.25, 0.3) is 0 Å². The average Bonchev–Trinajstić information content (AvgIpc) is 3.13. The summed E-state index contributed by atoms with van der Waals surface area (Å²) in [6, 6.07) is 4.94. The lowest BCUT2D eigenvalue weighted by molar-refractivity contribution is -0.146. The van der Waals surface area contributed by atoms with Crippen LogP contribution in [0.3, 0.4) is 0 Å². The minimum Gasteiger partial charge on any atom is -0.497 e. The van der Waals surface area contributed by atoms with E-state index in [1.54, 1.807) is 44.4 Å². The van der Waals surface area contributed by atoms with E-state index in [2.05, 4.69) is 5.32 Å². The molecule has 1 aromatic rings. The number of hydrogen-bond donors (Lipinski definition) is 1. The van der Waals surface area contributed by atoms with Crippen molar-refractivity contribution in [3.05, 3.63) is 18.2 Å². The molecule has 0 aromatic heterocycles. The molecule has 3 amide bonds. The zero-order valence-electron chi connectivity index (χ0n) is 16.8. The number of methoxy groups -OCH3 is 3. The molecule has 1 atom stereocenters. The van der Waals surface area contributed by atoms with Crippen molar-refractivity contribution in [1.29, 1.82) is 0 Å². The van der Waals surface area contributed by atoms with Gasteiger partial charge in [0.15, 0.2) is 0 Å². The Kier molecular flexibility index (Phi) is 6.28. The summed E-state index contributed by atoms with van der Waals surface area (Å²) in [5.41, 5.74) is -0.240. The molecule has 2 fully saturated rings. The molecule has 0 bridgehead atoms. The summed E-state index contributed by atoms with van der Waals surface area (Å²) in [4.78, 5) is 29.9. The van der Waals surface area contributed by atoms with Gasteiger partial charge in [-0.2, -0.15) is 0 Å². The topological polar surface area (TPSA) is 80.3 Å². The number of nitrogens with zero attached hydrogens (tertiary/aromatic N) is 2. The van der Waals surface area contributed by atoms with E-state index < -0.39 is 5.54 Å². The van der Waals surface area contributed by atoms with Crippen molar-refractivity contribution in [2.45, 2.75) is 31.2 Å². The standard InChI is InChI=1S/C20H29N3O5/c1-26-13-12-22-10-4-8-20(18(22)24)9-5-11-23(20)19(25)21-16-14-15(27-2)6-7-17(16)28-3/h6-7,14H,4-5,8-13H2,1-3H3,(H,21,25). The Morgan fingerprint density at radius 2 is 1.89 bits per heavy atom. The molecule has 1 spiro atoms. The predicted octanol–water partition coefficient (Wildman–Crippen LogP) is 2.34. The molecule has 0 aliphatic carbocycles. The SMILES string of the molecule is COCCN1CCCC2(CCCN2C(=O)Nc2cc(OC)ccc2OC)C1=O. The normalized spacial score (nSPS) is 21.9. The number of carbonyl (C=O) groups excluding carboxylic acids is 2. The number of hydrogen-bond acceptors (Lipinski definition) is 5. The molecule has 0 radical (unpaired) electrons. The van der Waals surface area contributed by atoms with Gasteiger partial charge in [-0.1, -0.05) is 0 Å². The third-order valence-corrected chi connectivity index (χ3v) is 5.65. The lowest BCUT2D eigenvalue weighted by atomic mass is 9.85. The van der Waals surface area contributed by atoms with Gasteiger partial charge in [-0.25, -0.2) is 4.79 Å². The first-order valence-electron chi connectivity index (χ1n) is 9.64. The fourth-order valence-corrected chi connectivity index (χ4v) is 4.23. The van der Waals surface area contributed by atoms with E-state index in [-0.39, 0.29) is 11.9 Å². The molecule has 2 aliphatic rings. The second-order valence-corrected chi connectivity index (χ2v) is 7.17. The monoisotopic (exact) mass is 391 g/mol. The van der Waals surface area contributed by atoms with Crippen LogP contribution in [0.5, 0.6) is 11.5 Å². The van der Waals surface area contributed by atoms with Crippen LogP contribution in [0.4, 0.5) is 10.5 Å². The highest BCUT2D eigenvalue weighted by molar-refractivity contribution is 5.97. The third-order valence-electron chi connectivity index (χ3n) is 5.65. The fraction of sp³-hybridized carbons (Fsp3) is 0.600. The van der Waals surface area contributed by atoms with E-state index in [0.717, 1.165) is 12.8 Å². The highest BCUT2D eigenvalue weighted by Gasteiger charge is 2.52. The van der Waals surface area contributed by atoms with Gasteiger partial charge in [0.05, 0.1) is 26.5 Å². The number of amides is 3. The second-order valence-electron chi connectivity index (χ2n) is 7.17. The van der Waals surface area contributed by atoms with Crippen molar-refractivity contribution < 1.29 is 23.8 Å². The van der Waals surface area contributed by atoms with Crippen molar-refractivity contribution in [3.63, 3.8) is 0 Å². The van der Waals surface area contributed by atoms with Gasteiger partial charge < -0.3 is 29.3 Å². The summed E-state index contributed by atoms with van der Waals surface area (Å²) < 4.78 is 15.7. The average molecular weight is 391 g/mol. The van der Waals surface area contributed by atoms with Crippen LogP contribution in [0.2, 0.25) is 0 Å². The maximum Gasteiger partial charge on any atom is 0.322 e. The van der Waals surface area contributed by atoms with E-state index in [1.807, 2.05) is 4.90 Å². The first kappa shape index (κ1) is 20.3. The van der Waals surface area contributed by atoms with E-state index in [1.165, 1.54) is 0 Å². The zero-order valence-corrected chi connectivity index (χ0v) is 16.8. The van der Waals surface area contributed by atoms with E-state index in [9.17, 15) is 9.59 Å². The summed E-state index contributed by atoms with van der Waals surface area (Å²) >= 11 is 0. The van der Waals surface area contributed by atoms with Crippen LogP contribution in [0, 0.1) is 0 Å². The molecule has 0 saturated carbocycles. The van der Waals surface area contributed by atoms with Crippen LogP contribution < -0.4 is 14.8 Å². The Morgan fingerprint density at radius 1 is 1.14 bits per heavy atom. The van der Waals surface area contributed by atoms with Crippen LogP contribution in [0.1, 0.15) is 25.7 Å². The number of urea groups is 1. The fourth-order valence-electron chi connectivity index (χ4n) is 4.23. The number of likely N-dealkylation sites (tertiary alicyclic amines) is 2. The second kappa shape index (κ2) is 8.68. The van der Waals surface area contributed by atoms with Gasteiger partial charge in [0, 0.05) is 32.8 Å². The number of ether oxygens (including phenoxy) is 3. The summed E-state index contributed by atoms with van der Waals surface area (Å²) in [7, 11) is 4.74. The number of benzene rings is 1. The van der Waals surface area contributed by atoms with Gasteiger partial charge >= 0.3 is 6.03 Å². The van der Waals surface area contributed by atoms with Crippen molar-refractivity contribution >= 4 is 17.6 Å². The molecule has 8 nitrogen and oxygen atoms in total. The summed E-state index contributed by atoms with van der Waals surface area (Å²) in [5.74, 6) is 1.19. The molecule has 2 heterocycles. The summed E-state index contributed by atoms with van der Waals surface area (Å²) in [5, 5.41) is 2.91. The summed E-state index contributed by atoms with van der Waals surface area (Å²) in [6.07, 6.45) is 3.07. The maximum atomic E-state index is 13.3. The van der Waals surface area contributed by atoms with Gasteiger partial charge in [-0.05, 0) is 37.8 Å². The molecule has 2 aliphatic heterocycles. The Morgan fingerprint density at radius 3 is 2.57 bits per heavy atom. The minimum absolute atomic E-state index is 0.0288. The quantitative estimate of drug-likeness (QED) is 0.805. The largest absolute Gasteiger partial charge is 0.497 e. The predicted molar refractivity (Wildman–Crippen MR) is 105 cm³/mol. The molecule has 1 unspecified atom stereocenters. The van der Waals surface area contributed by atoms with Crippen molar-refractivity contribution in [2.24, 2.45) is 0 Å². The lowest BCUT2D eigenvalue weighted by Gasteiger charge is -2.44. The highest BCUT2D eigenvalue weighted by Crippen LogP contribution is 2.39. The first-order valence-corrected chi connectivity index (χ1v) is 9.64. The summed E-state index contributed by atoms with van der Waals surface area (Å²) in [6.45, 7) is 2.32. The van der Waals surface area contributed by atoms with E-state index in [4.69, 9.17) is 14.2 Å². The van der Waals surface area contributed by atoms with Gasteiger partial charge in [-0.15, -0.1) is 0 Å². The molecule has 2 saturated heterocycles. The Hall–Kier alpha value is -2.48. The smallest absolute Gasteiger partial charge is 0.322 e. The molecule has 1 N–H and O–H groups in total. The number of nitrogens with one attached hydrogen (secondary N) is 1. The molecular weight excluding hydrogens is 362 g/mol. The lowest BCUT2D eigenvalue weighted by Crippen LogP contribution is -2.62. The van der Waals surface area contributed by atoms with Crippen molar-refractivity contribution in [2.75, 3.05) is 52.9 Å². The molecule has 154 valence electrons. The Balaban J connectivity index is 1.80. The van der Waals surface area contributed by atoms with Crippen LogP contribution in [0.15, 0.2) is 18.2 Å². The number of anilines is 1. The zero-order chi connectivity index (χ0) is 20.1.